The lowest BCUT2D eigenvalue weighted by atomic mass is 10.00. The fraction of sp³-hybridized carbons (Fsp3) is 0.429. The van der Waals surface area contributed by atoms with Crippen molar-refractivity contribution in [3.63, 3.8) is 0 Å². The average Bonchev–Trinajstić information content (AvgIpc) is 2.60. The molecule has 0 aliphatic heterocycles. The minimum absolute atomic E-state index is 0.458. The second-order valence-corrected chi connectivity index (χ2v) is 6.29. The summed E-state index contributed by atoms with van der Waals surface area (Å²) in [5, 5.41) is 0. The van der Waals surface area contributed by atoms with Crippen LogP contribution in [0.15, 0.2) is 48.5 Å². The smallest absolute Gasteiger partial charge is 0.287 e. The van der Waals surface area contributed by atoms with Crippen LogP contribution in [0, 0.1) is 0 Å². The maximum Gasteiger partial charge on any atom is 0.522 e. The van der Waals surface area contributed by atoms with Gasteiger partial charge in [0, 0.05) is 0 Å². The molecule has 0 spiro atoms. The van der Waals surface area contributed by atoms with E-state index in [2.05, 4.69) is 35.9 Å². The molecule has 0 aliphatic rings. The molecule has 2 aromatic carbocycles. The summed E-state index contributed by atoms with van der Waals surface area (Å²) in [7, 11) is 0. The summed E-state index contributed by atoms with van der Waals surface area (Å²) in [6.07, 6.45) is 2.87. The van der Waals surface area contributed by atoms with Gasteiger partial charge in [0.15, 0.2) is 0 Å². The Morgan fingerprint density at radius 2 is 1.24 bits per heavy atom. The van der Waals surface area contributed by atoms with Gasteiger partial charge in [-0.3, -0.25) is 4.74 Å². The van der Waals surface area contributed by atoms with Gasteiger partial charge in [0.25, 0.3) is 0 Å². The maximum absolute atomic E-state index is 12.1. The first kappa shape index (κ1) is 19.5. The van der Waals surface area contributed by atoms with Crippen molar-refractivity contribution in [1.82, 2.24) is 0 Å². The number of benzene rings is 2. The fourth-order valence-corrected chi connectivity index (χ4v) is 2.76. The van der Waals surface area contributed by atoms with Crippen LogP contribution in [0.5, 0.6) is 0 Å². The highest BCUT2D eigenvalue weighted by Gasteiger charge is 2.28. The molecule has 4 heteroatoms. The summed E-state index contributed by atoms with van der Waals surface area (Å²) in [6.45, 7) is 1.76. The van der Waals surface area contributed by atoms with E-state index < -0.39 is 13.0 Å². The molecule has 0 amide bonds. The van der Waals surface area contributed by atoms with E-state index >= 15 is 0 Å². The number of ether oxygens (including phenoxy) is 1. The first-order valence-corrected chi connectivity index (χ1v) is 8.87. The minimum atomic E-state index is -4.59. The zero-order valence-corrected chi connectivity index (χ0v) is 14.6. The summed E-state index contributed by atoms with van der Waals surface area (Å²) < 4.78 is 40.0. The molecule has 0 saturated carbocycles. The van der Waals surface area contributed by atoms with E-state index in [0.29, 0.717) is 5.56 Å². The lowest BCUT2D eigenvalue weighted by Crippen LogP contribution is -2.12. The molecule has 1 nitrogen and oxygen atoms in total. The van der Waals surface area contributed by atoms with Crippen LogP contribution in [0.3, 0.4) is 0 Å². The van der Waals surface area contributed by atoms with Gasteiger partial charge in [0.2, 0.25) is 0 Å². The van der Waals surface area contributed by atoms with Gasteiger partial charge < -0.3 is 0 Å². The Kier molecular flexibility index (Phi) is 7.51. The largest absolute Gasteiger partial charge is 0.522 e. The van der Waals surface area contributed by atoms with E-state index in [1.54, 1.807) is 12.1 Å². The van der Waals surface area contributed by atoms with Crippen molar-refractivity contribution in [3.8, 4) is 11.1 Å². The van der Waals surface area contributed by atoms with E-state index in [4.69, 9.17) is 0 Å². The molecule has 0 heterocycles. The minimum Gasteiger partial charge on any atom is -0.287 e. The quantitative estimate of drug-likeness (QED) is 0.447. The SMILES string of the molecule is CCCCCCCc1ccc(-c2ccc(COC(F)(F)F)cc2)cc1. The second-order valence-electron chi connectivity index (χ2n) is 6.29. The van der Waals surface area contributed by atoms with E-state index in [9.17, 15) is 13.2 Å². The molecule has 0 radical (unpaired) electrons. The third-order valence-corrected chi connectivity index (χ3v) is 4.21. The van der Waals surface area contributed by atoms with Gasteiger partial charge in [-0.1, -0.05) is 81.1 Å². The number of halogens is 3. The molecular formula is C21H25F3O. The van der Waals surface area contributed by atoms with Crippen LogP contribution < -0.4 is 0 Å². The summed E-state index contributed by atoms with van der Waals surface area (Å²) >= 11 is 0. The summed E-state index contributed by atoms with van der Waals surface area (Å²) in [5.41, 5.74) is 3.89. The Labute approximate surface area is 147 Å². The van der Waals surface area contributed by atoms with Crippen LogP contribution in [-0.2, 0) is 17.8 Å². The molecule has 136 valence electrons. The van der Waals surface area contributed by atoms with Crippen LogP contribution in [-0.4, -0.2) is 6.36 Å². The van der Waals surface area contributed by atoms with Crippen molar-refractivity contribution in [2.24, 2.45) is 0 Å². The average molecular weight is 350 g/mol. The third kappa shape index (κ3) is 7.30. The second kappa shape index (κ2) is 9.62. The number of hydrogen-bond acceptors (Lipinski definition) is 1. The molecule has 0 N–H and O–H groups in total. The maximum atomic E-state index is 12.1. The van der Waals surface area contributed by atoms with Gasteiger partial charge >= 0.3 is 6.36 Å². The number of alkyl halides is 3. The highest BCUT2D eigenvalue weighted by atomic mass is 19.4. The first-order valence-electron chi connectivity index (χ1n) is 8.87. The summed E-state index contributed by atoms with van der Waals surface area (Å²) in [5.74, 6) is 0. The van der Waals surface area contributed by atoms with Gasteiger partial charge in [-0.15, -0.1) is 13.2 Å². The van der Waals surface area contributed by atoms with Gasteiger partial charge in [-0.25, -0.2) is 0 Å². The number of hydrogen-bond donors (Lipinski definition) is 0. The lowest BCUT2D eigenvalue weighted by molar-refractivity contribution is -0.330. The van der Waals surface area contributed by atoms with Crippen molar-refractivity contribution >= 4 is 0 Å². The number of rotatable bonds is 9. The Hall–Kier alpha value is -1.81. The Morgan fingerprint density at radius 1 is 0.720 bits per heavy atom. The Bertz CT molecular complexity index is 615. The first-order chi connectivity index (χ1) is 12.0. The monoisotopic (exact) mass is 350 g/mol. The van der Waals surface area contributed by atoms with Crippen molar-refractivity contribution < 1.29 is 17.9 Å². The topological polar surface area (TPSA) is 9.23 Å². The van der Waals surface area contributed by atoms with Crippen LogP contribution in [0.1, 0.15) is 50.2 Å². The molecule has 0 aromatic heterocycles. The van der Waals surface area contributed by atoms with Crippen molar-refractivity contribution in [2.75, 3.05) is 0 Å². The molecule has 0 aliphatic carbocycles. The van der Waals surface area contributed by atoms with Gasteiger partial charge in [-0.05, 0) is 35.1 Å². The molecular weight excluding hydrogens is 325 g/mol. The van der Waals surface area contributed by atoms with Gasteiger partial charge in [0.05, 0.1) is 6.61 Å². The molecule has 0 fully saturated rings. The van der Waals surface area contributed by atoms with Gasteiger partial charge in [-0.2, -0.15) is 0 Å². The van der Waals surface area contributed by atoms with Crippen LogP contribution >= 0.6 is 0 Å². The van der Waals surface area contributed by atoms with E-state index in [0.717, 1.165) is 17.5 Å². The Morgan fingerprint density at radius 3 is 1.76 bits per heavy atom. The standard InChI is InChI=1S/C21H25F3O/c1-2-3-4-5-6-7-17-8-12-19(13-9-17)20-14-10-18(11-15-20)16-25-21(22,23)24/h8-15H,2-7,16H2,1H3. The Balaban J connectivity index is 1.86. The van der Waals surface area contributed by atoms with Crippen molar-refractivity contribution in [3.05, 3.63) is 59.7 Å². The fourth-order valence-electron chi connectivity index (χ4n) is 2.76. The normalized spacial score (nSPS) is 11.7. The predicted molar refractivity (Wildman–Crippen MR) is 95.2 cm³/mol. The van der Waals surface area contributed by atoms with Crippen molar-refractivity contribution in [2.45, 2.75) is 58.4 Å². The van der Waals surface area contributed by atoms with Crippen LogP contribution in [0.2, 0.25) is 0 Å². The molecule has 0 bridgehead atoms. The zero-order valence-electron chi connectivity index (χ0n) is 14.6. The van der Waals surface area contributed by atoms with Gasteiger partial charge in [0.1, 0.15) is 0 Å². The zero-order chi connectivity index (χ0) is 18.1. The lowest BCUT2D eigenvalue weighted by Gasteiger charge is -2.08. The van der Waals surface area contributed by atoms with E-state index in [1.807, 2.05) is 12.1 Å². The number of unbranched alkanes of at least 4 members (excludes halogenated alkanes) is 4. The van der Waals surface area contributed by atoms with Crippen molar-refractivity contribution in [1.29, 1.82) is 0 Å². The summed E-state index contributed by atoms with van der Waals surface area (Å²) in [4.78, 5) is 0. The molecule has 0 saturated heterocycles. The molecule has 2 rings (SSSR count). The molecule has 0 unspecified atom stereocenters. The summed E-state index contributed by atoms with van der Waals surface area (Å²) in [6, 6.07) is 15.4. The predicted octanol–water partition coefficient (Wildman–Crippen LogP) is 6.90. The third-order valence-electron chi connectivity index (χ3n) is 4.21. The highest BCUT2D eigenvalue weighted by molar-refractivity contribution is 5.63. The highest BCUT2D eigenvalue weighted by Crippen LogP contribution is 2.23. The van der Waals surface area contributed by atoms with E-state index in [1.165, 1.54) is 37.7 Å². The van der Waals surface area contributed by atoms with Crippen LogP contribution in [0.4, 0.5) is 13.2 Å². The van der Waals surface area contributed by atoms with Crippen LogP contribution in [0.25, 0.3) is 11.1 Å². The molecule has 0 atom stereocenters. The number of aryl methyl sites for hydroxylation is 1. The molecule has 2 aromatic rings. The van der Waals surface area contributed by atoms with E-state index in [-0.39, 0.29) is 0 Å². The molecule has 25 heavy (non-hydrogen) atoms.